The third kappa shape index (κ3) is 7.06. The van der Waals surface area contributed by atoms with Crippen LogP contribution in [0.4, 0.5) is 0 Å². The molecule has 0 aromatic heterocycles. The fourth-order valence-electron chi connectivity index (χ4n) is 0.951. The zero-order valence-electron chi connectivity index (χ0n) is 8.72. The van der Waals surface area contributed by atoms with Gasteiger partial charge in [0.15, 0.2) is 0 Å². The number of allylic oxidation sites excluding steroid dienone is 6. The second kappa shape index (κ2) is 6.23. The Hall–Kier alpha value is -1.31. The number of carbonyl (C=O) groups is 1. The molecule has 13 heavy (non-hydrogen) atoms. The molecule has 0 aromatic carbocycles. The van der Waals surface area contributed by atoms with Crippen molar-refractivity contribution in [1.82, 2.24) is 5.32 Å². The Labute approximate surface area is 80.0 Å². The molecule has 0 unspecified atom stereocenters. The molecule has 0 aliphatic heterocycles. The van der Waals surface area contributed by atoms with E-state index in [2.05, 4.69) is 5.32 Å². The Kier molecular flexibility index (Phi) is 5.60. The molecular weight excluding hydrogens is 162 g/mol. The summed E-state index contributed by atoms with van der Waals surface area (Å²) >= 11 is 0. The van der Waals surface area contributed by atoms with Gasteiger partial charge in [-0.3, -0.25) is 4.79 Å². The first-order valence-electron chi connectivity index (χ1n) is 4.31. The first-order chi connectivity index (χ1) is 6.06. The van der Waals surface area contributed by atoms with Crippen molar-refractivity contribution in [3.8, 4) is 0 Å². The molecule has 0 aliphatic rings. The van der Waals surface area contributed by atoms with E-state index in [0.29, 0.717) is 0 Å². The minimum atomic E-state index is -0.0346. The fraction of sp³-hybridized carbons (Fsp3) is 0.364. The Morgan fingerprint density at radius 3 is 2.31 bits per heavy atom. The molecule has 0 aliphatic carbocycles. The van der Waals surface area contributed by atoms with Gasteiger partial charge in [0.1, 0.15) is 0 Å². The van der Waals surface area contributed by atoms with Crippen molar-refractivity contribution in [2.24, 2.45) is 0 Å². The van der Waals surface area contributed by atoms with E-state index in [1.165, 1.54) is 6.92 Å². The fourth-order valence-corrected chi connectivity index (χ4v) is 0.951. The van der Waals surface area contributed by atoms with E-state index in [4.69, 9.17) is 0 Å². The molecule has 2 nitrogen and oxygen atoms in total. The van der Waals surface area contributed by atoms with E-state index in [0.717, 1.165) is 11.3 Å². The molecule has 0 atom stereocenters. The maximum absolute atomic E-state index is 10.7. The van der Waals surface area contributed by atoms with E-state index < -0.39 is 0 Å². The lowest BCUT2D eigenvalue weighted by Gasteiger charge is -2.00. The number of hydrogen-bond donors (Lipinski definition) is 1. The summed E-state index contributed by atoms with van der Waals surface area (Å²) in [5.41, 5.74) is 1.98. The predicted octanol–water partition coefficient (Wildman–Crippen LogP) is 2.55. The lowest BCUT2D eigenvalue weighted by molar-refractivity contribution is -0.118. The minimum absolute atomic E-state index is 0.0346. The zero-order valence-corrected chi connectivity index (χ0v) is 8.72. The molecule has 1 N–H and O–H groups in total. The molecule has 0 rings (SSSR count). The second-order valence-corrected chi connectivity index (χ2v) is 2.95. The zero-order chi connectivity index (χ0) is 10.3. The molecule has 0 spiro atoms. The van der Waals surface area contributed by atoms with Gasteiger partial charge in [0.05, 0.1) is 0 Å². The lowest BCUT2D eigenvalue weighted by Crippen LogP contribution is -2.16. The van der Waals surface area contributed by atoms with Crippen LogP contribution < -0.4 is 5.32 Å². The smallest absolute Gasteiger partial charge is 0.220 e. The molecule has 0 fully saturated rings. The van der Waals surface area contributed by atoms with Crippen LogP contribution in [0.2, 0.25) is 0 Å². The lowest BCUT2D eigenvalue weighted by atomic mass is 10.2. The van der Waals surface area contributed by atoms with Crippen LogP contribution >= 0.6 is 0 Å². The maximum Gasteiger partial charge on any atom is 0.220 e. The van der Waals surface area contributed by atoms with Crippen molar-refractivity contribution in [3.63, 3.8) is 0 Å². The minimum Gasteiger partial charge on any atom is -0.330 e. The second-order valence-electron chi connectivity index (χ2n) is 2.95. The summed E-state index contributed by atoms with van der Waals surface area (Å²) in [4.78, 5) is 10.7. The maximum atomic E-state index is 10.7. The van der Waals surface area contributed by atoms with Crippen LogP contribution in [0.15, 0.2) is 35.6 Å². The summed E-state index contributed by atoms with van der Waals surface area (Å²) in [6.07, 6.45) is 7.85. The van der Waals surface area contributed by atoms with Crippen LogP contribution in [-0.2, 0) is 4.79 Å². The van der Waals surface area contributed by atoms with Crippen LogP contribution in [0.25, 0.3) is 0 Å². The third-order valence-corrected chi connectivity index (χ3v) is 1.37. The Balaban J connectivity index is 4.29. The van der Waals surface area contributed by atoms with Gasteiger partial charge in [-0.25, -0.2) is 0 Å². The van der Waals surface area contributed by atoms with Crippen molar-refractivity contribution < 1.29 is 4.79 Å². The van der Waals surface area contributed by atoms with Gasteiger partial charge in [0.2, 0.25) is 5.91 Å². The molecule has 0 bridgehead atoms. The summed E-state index contributed by atoms with van der Waals surface area (Å²) in [6, 6.07) is 0. The van der Waals surface area contributed by atoms with E-state index in [1.54, 1.807) is 0 Å². The molecule has 0 aromatic rings. The van der Waals surface area contributed by atoms with E-state index in [9.17, 15) is 4.79 Å². The topological polar surface area (TPSA) is 29.1 Å². The van der Waals surface area contributed by atoms with Crippen molar-refractivity contribution >= 4 is 5.91 Å². The average Bonchev–Trinajstić information content (AvgIpc) is 1.98. The molecule has 1 amide bonds. The van der Waals surface area contributed by atoms with Crippen LogP contribution in [0.5, 0.6) is 0 Å². The molecule has 72 valence electrons. The van der Waals surface area contributed by atoms with Gasteiger partial charge in [-0.05, 0) is 32.4 Å². The highest BCUT2D eigenvalue weighted by molar-refractivity contribution is 5.74. The standard InChI is InChI=1S/C11H17NO/c1-5-6-7-9(2)8-10(3)12-11(4)13/h5-8H,1-4H3,(H,12,13)/b6-5-,9-7-,10-8+. The van der Waals surface area contributed by atoms with Crippen LogP contribution in [0, 0.1) is 0 Å². The van der Waals surface area contributed by atoms with Crippen molar-refractivity contribution in [2.45, 2.75) is 27.7 Å². The summed E-state index contributed by atoms with van der Waals surface area (Å²) in [6.45, 7) is 7.33. The molecule has 0 heterocycles. The number of rotatable bonds is 3. The van der Waals surface area contributed by atoms with Crippen molar-refractivity contribution in [1.29, 1.82) is 0 Å². The number of nitrogens with one attached hydrogen (secondary N) is 1. The van der Waals surface area contributed by atoms with Gasteiger partial charge in [0, 0.05) is 12.6 Å². The van der Waals surface area contributed by atoms with Crippen LogP contribution in [0.3, 0.4) is 0 Å². The first kappa shape index (κ1) is 11.7. The van der Waals surface area contributed by atoms with E-state index in [-0.39, 0.29) is 5.91 Å². The normalized spacial score (nSPS) is 13.5. The van der Waals surface area contributed by atoms with Crippen LogP contribution in [0.1, 0.15) is 27.7 Å². The van der Waals surface area contributed by atoms with Crippen molar-refractivity contribution in [2.75, 3.05) is 0 Å². The summed E-state index contributed by atoms with van der Waals surface area (Å²) in [5, 5.41) is 2.71. The number of hydrogen-bond acceptors (Lipinski definition) is 1. The molecule has 0 saturated heterocycles. The third-order valence-electron chi connectivity index (χ3n) is 1.37. The highest BCUT2D eigenvalue weighted by atomic mass is 16.1. The largest absolute Gasteiger partial charge is 0.330 e. The average molecular weight is 179 g/mol. The van der Waals surface area contributed by atoms with Crippen LogP contribution in [-0.4, -0.2) is 5.91 Å². The summed E-state index contributed by atoms with van der Waals surface area (Å²) in [5.74, 6) is -0.0346. The van der Waals surface area contributed by atoms with Gasteiger partial charge < -0.3 is 5.32 Å². The van der Waals surface area contributed by atoms with Gasteiger partial charge in [-0.1, -0.05) is 18.2 Å². The van der Waals surface area contributed by atoms with Crippen molar-refractivity contribution in [3.05, 3.63) is 35.6 Å². The summed E-state index contributed by atoms with van der Waals surface area (Å²) in [7, 11) is 0. The van der Waals surface area contributed by atoms with E-state index in [1.807, 2.05) is 45.1 Å². The predicted molar refractivity (Wildman–Crippen MR) is 56.1 cm³/mol. The van der Waals surface area contributed by atoms with Gasteiger partial charge in [-0.15, -0.1) is 0 Å². The monoisotopic (exact) mass is 179 g/mol. The van der Waals surface area contributed by atoms with E-state index >= 15 is 0 Å². The first-order valence-corrected chi connectivity index (χ1v) is 4.31. The Morgan fingerprint density at radius 2 is 1.85 bits per heavy atom. The molecule has 2 heteroatoms. The highest BCUT2D eigenvalue weighted by Crippen LogP contribution is 1.99. The quantitative estimate of drug-likeness (QED) is 0.663. The SMILES string of the molecule is C\C=C/C=C(C)\C=C(/C)NC(C)=O. The molecule has 0 saturated carbocycles. The van der Waals surface area contributed by atoms with Gasteiger partial charge in [0.25, 0.3) is 0 Å². The molecule has 0 radical (unpaired) electrons. The number of carbonyl (C=O) groups excluding carboxylic acids is 1. The summed E-state index contributed by atoms with van der Waals surface area (Å²) < 4.78 is 0. The highest BCUT2D eigenvalue weighted by Gasteiger charge is 1.91. The van der Waals surface area contributed by atoms with Gasteiger partial charge in [-0.2, -0.15) is 0 Å². The molecular formula is C11H17NO. The Morgan fingerprint density at radius 1 is 1.23 bits per heavy atom. The number of amides is 1. The van der Waals surface area contributed by atoms with Gasteiger partial charge >= 0.3 is 0 Å². The Bertz CT molecular complexity index is 259.